The molecule has 8 heteroatoms. The topological polar surface area (TPSA) is 88.3 Å². The van der Waals surface area contributed by atoms with Crippen molar-refractivity contribution >= 4 is 17.4 Å². The molecule has 174 valence electrons. The van der Waals surface area contributed by atoms with Crippen LogP contribution in [0.2, 0.25) is 0 Å². The summed E-state index contributed by atoms with van der Waals surface area (Å²) >= 11 is 0. The number of ketones is 1. The molecule has 1 amide bonds. The fraction of sp³-hybridized carbons (Fsp3) is 0.111. The average molecular weight is 468 g/mol. The van der Waals surface area contributed by atoms with E-state index in [9.17, 15) is 19.1 Å². The summed E-state index contributed by atoms with van der Waals surface area (Å²) in [5, 5.41) is 15.7. The van der Waals surface area contributed by atoms with Gasteiger partial charge in [-0.2, -0.15) is 5.10 Å². The maximum atomic E-state index is 13.7. The Kier molecular flexibility index (Phi) is 5.70. The summed E-state index contributed by atoms with van der Waals surface area (Å²) in [5.41, 5.74) is 2.88. The van der Waals surface area contributed by atoms with Gasteiger partial charge >= 0.3 is 0 Å². The second-order valence-corrected chi connectivity index (χ2v) is 8.23. The molecule has 7 nitrogen and oxygen atoms in total. The molecule has 2 aromatic carbocycles. The number of halogens is 1. The van der Waals surface area contributed by atoms with E-state index in [0.717, 1.165) is 11.3 Å². The third kappa shape index (κ3) is 3.99. The van der Waals surface area contributed by atoms with E-state index in [0.29, 0.717) is 16.8 Å². The lowest BCUT2D eigenvalue weighted by Gasteiger charge is -2.25. The molecular formula is C27H21FN4O3. The SMILES string of the molecule is Cc1c(C(O)=C2C(=O)C(=O)N(Cc3cccnc3)[C@@H]2c2ccc(F)cc2)cnn1-c1ccccc1. The number of likely N-dealkylation sites (tertiary alicyclic amines) is 1. The number of hydrogen-bond acceptors (Lipinski definition) is 5. The van der Waals surface area contributed by atoms with Crippen molar-refractivity contribution in [3.63, 3.8) is 0 Å². The number of rotatable bonds is 5. The number of hydrogen-bond donors (Lipinski definition) is 1. The van der Waals surface area contributed by atoms with Gasteiger partial charge < -0.3 is 10.0 Å². The molecular weight excluding hydrogens is 447 g/mol. The standard InChI is InChI=1S/C27H21FN4O3/c1-17-22(15-30-32(17)21-7-3-2-4-8-21)25(33)23-24(19-9-11-20(28)12-10-19)31(27(35)26(23)34)16-18-6-5-13-29-14-18/h2-15,24,33H,16H2,1H3/t24-/m1/s1. The maximum Gasteiger partial charge on any atom is 0.295 e. The number of aliphatic hydroxyl groups excluding tert-OH is 1. The van der Waals surface area contributed by atoms with Crippen molar-refractivity contribution in [2.45, 2.75) is 19.5 Å². The Hall–Kier alpha value is -4.59. The summed E-state index contributed by atoms with van der Waals surface area (Å²) in [7, 11) is 0. The van der Waals surface area contributed by atoms with E-state index in [1.807, 2.05) is 30.3 Å². The molecule has 1 atom stereocenters. The smallest absolute Gasteiger partial charge is 0.295 e. The number of aliphatic hydroxyl groups is 1. The van der Waals surface area contributed by atoms with Gasteiger partial charge in [0, 0.05) is 18.9 Å². The van der Waals surface area contributed by atoms with E-state index in [1.54, 1.807) is 36.1 Å². The zero-order valence-corrected chi connectivity index (χ0v) is 18.8. The van der Waals surface area contributed by atoms with E-state index < -0.39 is 23.5 Å². The van der Waals surface area contributed by atoms with E-state index in [2.05, 4.69) is 10.1 Å². The molecule has 1 aliphatic heterocycles. The average Bonchev–Trinajstić information content (AvgIpc) is 3.38. The van der Waals surface area contributed by atoms with Crippen LogP contribution in [0.5, 0.6) is 0 Å². The number of aromatic nitrogens is 3. The van der Waals surface area contributed by atoms with Crippen molar-refractivity contribution < 1.29 is 19.1 Å². The lowest BCUT2D eigenvalue weighted by Crippen LogP contribution is -2.29. The zero-order chi connectivity index (χ0) is 24.5. The Morgan fingerprint density at radius 2 is 1.74 bits per heavy atom. The van der Waals surface area contributed by atoms with Crippen LogP contribution in [0, 0.1) is 12.7 Å². The molecule has 35 heavy (non-hydrogen) atoms. The second-order valence-electron chi connectivity index (χ2n) is 8.23. The first-order chi connectivity index (χ1) is 17.0. The molecule has 4 aromatic rings. The lowest BCUT2D eigenvalue weighted by molar-refractivity contribution is -0.140. The molecule has 0 bridgehead atoms. The number of para-hydroxylation sites is 1. The Balaban J connectivity index is 1.64. The van der Waals surface area contributed by atoms with Gasteiger partial charge in [0.2, 0.25) is 0 Å². The van der Waals surface area contributed by atoms with E-state index in [4.69, 9.17) is 0 Å². The number of carbonyl (C=O) groups excluding carboxylic acids is 2. The summed E-state index contributed by atoms with van der Waals surface area (Å²) < 4.78 is 15.3. The monoisotopic (exact) mass is 468 g/mol. The zero-order valence-electron chi connectivity index (χ0n) is 18.8. The number of nitrogens with zero attached hydrogens (tertiary/aromatic N) is 4. The van der Waals surface area contributed by atoms with Gasteiger partial charge in [0.05, 0.1) is 34.8 Å². The molecule has 0 saturated carbocycles. The van der Waals surface area contributed by atoms with Crippen LogP contribution in [0.4, 0.5) is 4.39 Å². The van der Waals surface area contributed by atoms with Crippen LogP contribution in [-0.4, -0.2) is 36.5 Å². The number of amides is 1. The van der Waals surface area contributed by atoms with E-state index >= 15 is 0 Å². The molecule has 3 heterocycles. The fourth-order valence-electron chi connectivity index (χ4n) is 4.34. The minimum atomic E-state index is -0.907. The fourth-order valence-corrected chi connectivity index (χ4v) is 4.34. The van der Waals surface area contributed by atoms with Gasteiger partial charge in [0.1, 0.15) is 11.6 Å². The highest BCUT2D eigenvalue weighted by atomic mass is 19.1. The predicted octanol–water partition coefficient (Wildman–Crippen LogP) is 4.34. The van der Waals surface area contributed by atoms with Crippen LogP contribution >= 0.6 is 0 Å². The van der Waals surface area contributed by atoms with Crippen LogP contribution < -0.4 is 0 Å². The number of benzene rings is 2. The number of pyridine rings is 1. The molecule has 0 unspecified atom stereocenters. The summed E-state index contributed by atoms with van der Waals surface area (Å²) in [6, 6.07) is 17.5. The Morgan fingerprint density at radius 3 is 2.43 bits per heavy atom. The molecule has 0 spiro atoms. The van der Waals surface area contributed by atoms with Gasteiger partial charge in [0.15, 0.2) is 0 Å². The molecule has 0 radical (unpaired) electrons. The first kappa shape index (κ1) is 22.2. The van der Waals surface area contributed by atoms with Gasteiger partial charge in [-0.05, 0) is 48.4 Å². The number of Topliss-reactive ketones (excluding diaryl/α,β-unsaturated/α-hetero) is 1. The van der Waals surface area contributed by atoms with Crippen LogP contribution in [0.3, 0.4) is 0 Å². The highest BCUT2D eigenvalue weighted by Crippen LogP contribution is 2.40. The van der Waals surface area contributed by atoms with Gasteiger partial charge in [-0.15, -0.1) is 0 Å². The van der Waals surface area contributed by atoms with Crippen molar-refractivity contribution in [3.05, 3.63) is 119 Å². The highest BCUT2D eigenvalue weighted by Gasteiger charge is 2.46. The van der Waals surface area contributed by atoms with Crippen LogP contribution in [0.15, 0.2) is 90.9 Å². The maximum absolute atomic E-state index is 13.7. The Bertz CT molecular complexity index is 1430. The van der Waals surface area contributed by atoms with Gasteiger partial charge in [-0.3, -0.25) is 14.6 Å². The molecule has 0 aliphatic carbocycles. The normalized spacial score (nSPS) is 17.2. The second kappa shape index (κ2) is 8.98. The largest absolute Gasteiger partial charge is 0.507 e. The van der Waals surface area contributed by atoms with Crippen molar-refractivity contribution in [2.75, 3.05) is 0 Å². The first-order valence-corrected chi connectivity index (χ1v) is 11.0. The third-order valence-electron chi connectivity index (χ3n) is 6.07. The van der Waals surface area contributed by atoms with E-state index in [1.165, 1.54) is 35.4 Å². The highest BCUT2D eigenvalue weighted by molar-refractivity contribution is 6.46. The Labute approximate surface area is 200 Å². The van der Waals surface area contributed by atoms with Crippen LogP contribution in [0.25, 0.3) is 11.4 Å². The van der Waals surface area contributed by atoms with Gasteiger partial charge in [0.25, 0.3) is 11.7 Å². The summed E-state index contributed by atoms with van der Waals surface area (Å²) in [6.07, 6.45) is 4.69. The minimum Gasteiger partial charge on any atom is -0.507 e. The van der Waals surface area contributed by atoms with Gasteiger partial charge in [-0.1, -0.05) is 36.4 Å². The molecule has 2 aromatic heterocycles. The van der Waals surface area contributed by atoms with Crippen molar-refractivity contribution in [1.29, 1.82) is 0 Å². The first-order valence-electron chi connectivity index (χ1n) is 11.0. The quantitative estimate of drug-likeness (QED) is 0.268. The predicted molar refractivity (Wildman–Crippen MR) is 127 cm³/mol. The van der Waals surface area contributed by atoms with Gasteiger partial charge in [-0.25, -0.2) is 9.07 Å². The van der Waals surface area contributed by atoms with Crippen molar-refractivity contribution in [2.24, 2.45) is 0 Å². The van der Waals surface area contributed by atoms with Crippen molar-refractivity contribution in [3.8, 4) is 5.69 Å². The van der Waals surface area contributed by atoms with Crippen molar-refractivity contribution in [1.82, 2.24) is 19.7 Å². The summed E-state index contributed by atoms with van der Waals surface area (Å²) in [4.78, 5) is 31.8. The molecule has 1 aliphatic rings. The van der Waals surface area contributed by atoms with Crippen LogP contribution in [-0.2, 0) is 16.1 Å². The molecule has 1 saturated heterocycles. The lowest BCUT2D eigenvalue weighted by atomic mass is 9.95. The summed E-state index contributed by atoms with van der Waals surface area (Å²) in [5.74, 6) is -2.34. The Morgan fingerprint density at radius 1 is 1.00 bits per heavy atom. The molecule has 1 N–H and O–H groups in total. The van der Waals surface area contributed by atoms with E-state index in [-0.39, 0.29) is 17.9 Å². The minimum absolute atomic E-state index is 0.0683. The summed E-state index contributed by atoms with van der Waals surface area (Å²) in [6.45, 7) is 1.87. The number of carbonyl (C=O) groups is 2. The third-order valence-corrected chi connectivity index (χ3v) is 6.07. The molecule has 1 fully saturated rings. The molecule has 5 rings (SSSR count). The van der Waals surface area contributed by atoms with Crippen LogP contribution in [0.1, 0.15) is 28.4 Å².